The molecule has 0 saturated heterocycles. The first kappa shape index (κ1) is 14.7. The zero-order valence-electron chi connectivity index (χ0n) is 13.8. The summed E-state index contributed by atoms with van der Waals surface area (Å²) in [6.45, 7) is 1.87. The van der Waals surface area contributed by atoms with Gasteiger partial charge >= 0.3 is 0 Å². The van der Waals surface area contributed by atoms with E-state index in [0.29, 0.717) is 17.2 Å². The molecule has 0 atom stereocenters. The van der Waals surface area contributed by atoms with Crippen LogP contribution in [0.1, 0.15) is 5.69 Å². The maximum absolute atomic E-state index is 14.3. The third-order valence-electron chi connectivity index (χ3n) is 4.38. The molecule has 5 rings (SSSR count). The van der Waals surface area contributed by atoms with Crippen molar-refractivity contribution in [3.05, 3.63) is 72.7 Å². The number of halogens is 1. The van der Waals surface area contributed by atoms with Crippen LogP contribution in [0.4, 0.5) is 4.39 Å². The van der Waals surface area contributed by atoms with E-state index in [4.69, 9.17) is 0 Å². The van der Waals surface area contributed by atoms with E-state index in [9.17, 15) is 4.39 Å². The predicted molar refractivity (Wildman–Crippen MR) is 96.0 cm³/mol. The van der Waals surface area contributed by atoms with E-state index in [1.165, 1.54) is 17.1 Å². The van der Waals surface area contributed by atoms with Crippen LogP contribution in [0.2, 0.25) is 0 Å². The average molecular weight is 344 g/mol. The van der Waals surface area contributed by atoms with Crippen molar-refractivity contribution in [3.8, 4) is 11.5 Å². The van der Waals surface area contributed by atoms with Crippen LogP contribution in [-0.4, -0.2) is 29.3 Å². The van der Waals surface area contributed by atoms with Crippen molar-refractivity contribution < 1.29 is 4.39 Å². The van der Waals surface area contributed by atoms with Gasteiger partial charge in [0.05, 0.1) is 22.1 Å². The Balaban J connectivity index is 1.83. The van der Waals surface area contributed by atoms with Gasteiger partial charge < -0.3 is 0 Å². The molecule has 7 heteroatoms. The van der Waals surface area contributed by atoms with E-state index >= 15 is 0 Å². The summed E-state index contributed by atoms with van der Waals surface area (Å²) in [5.74, 6) is 0.314. The lowest BCUT2D eigenvalue weighted by molar-refractivity contribution is 0.612. The molecule has 5 aromatic rings. The number of rotatable bonds is 2. The Kier molecular flexibility index (Phi) is 3.08. The largest absolute Gasteiger partial charge is 0.282 e. The van der Waals surface area contributed by atoms with Crippen molar-refractivity contribution >= 4 is 22.1 Å². The monoisotopic (exact) mass is 344 g/mol. The van der Waals surface area contributed by atoms with Crippen LogP contribution in [-0.2, 0) is 0 Å². The van der Waals surface area contributed by atoms with Crippen LogP contribution >= 0.6 is 0 Å². The molecule has 0 aliphatic rings. The summed E-state index contributed by atoms with van der Waals surface area (Å²) in [7, 11) is 0. The van der Waals surface area contributed by atoms with Crippen molar-refractivity contribution in [3.63, 3.8) is 0 Å². The molecule has 26 heavy (non-hydrogen) atoms. The van der Waals surface area contributed by atoms with Gasteiger partial charge in [0.15, 0.2) is 11.5 Å². The average Bonchev–Trinajstić information content (AvgIpc) is 3.24. The SMILES string of the molecule is Cc1nn(-c2ccccc2F)c2ncnc(-n3cnc4ccccc43)c12. The molecule has 0 spiro atoms. The molecule has 0 amide bonds. The number of hydrogen-bond acceptors (Lipinski definition) is 4. The van der Waals surface area contributed by atoms with Gasteiger partial charge in [-0.3, -0.25) is 4.57 Å². The first-order chi connectivity index (χ1) is 12.7. The number of imidazole rings is 1. The number of nitrogens with zero attached hydrogens (tertiary/aromatic N) is 6. The Hall–Kier alpha value is -3.61. The lowest BCUT2D eigenvalue weighted by Crippen LogP contribution is -2.02. The molecular formula is C19H13FN6. The first-order valence-corrected chi connectivity index (χ1v) is 8.12. The van der Waals surface area contributed by atoms with Crippen LogP contribution in [0, 0.1) is 12.7 Å². The molecule has 0 bridgehead atoms. The minimum absolute atomic E-state index is 0.353. The molecule has 6 nitrogen and oxygen atoms in total. The summed E-state index contributed by atoms with van der Waals surface area (Å²) in [6, 6.07) is 14.3. The van der Waals surface area contributed by atoms with Crippen molar-refractivity contribution in [1.29, 1.82) is 0 Å². The quantitative estimate of drug-likeness (QED) is 0.491. The lowest BCUT2D eigenvalue weighted by atomic mass is 10.2. The van der Waals surface area contributed by atoms with Gasteiger partial charge in [0.1, 0.15) is 24.2 Å². The highest BCUT2D eigenvalue weighted by molar-refractivity contribution is 5.89. The van der Waals surface area contributed by atoms with E-state index in [1.807, 2.05) is 35.8 Å². The van der Waals surface area contributed by atoms with Crippen LogP contribution in [0.15, 0.2) is 61.2 Å². The third kappa shape index (κ3) is 2.03. The minimum Gasteiger partial charge on any atom is -0.282 e. The summed E-state index contributed by atoms with van der Waals surface area (Å²) in [5.41, 5.74) is 3.43. The highest BCUT2D eigenvalue weighted by Gasteiger charge is 2.18. The number of benzene rings is 2. The molecule has 2 aromatic carbocycles. The Labute approximate surface area is 147 Å². The number of fused-ring (bicyclic) bond motifs is 2. The fraction of sp³-hybridized carbons (Fsp3) is 0.0526. The van der Waals surface area contributed by atoms with E-state index in [-0.39, 0.29) is 5.82 Å². The normalized spacial score (nSPS) is 11.5. The Morgan fingerprint density at radius 3 is 2.62 bits per heavy atom. The predicted octanol–water partition coefficient (Wildman–Crippen LogP) is 3.60. The topological polar surface area (TPSA) is 61.4 Å². The zero-order chi connectivity index (χ0) is 17.7. The molecule has 0 radical (unpaired) electrons. The maximum atomic E-state index is 14.3. The number of aryl methyl sites for hydroxylation is 1. The molecule has 0 fully saturated rings. The highest BCUT2D eigenvalue weighted by Crippen LogP contribution is 2.27. The van der Waals surface area contributed by atoms with Gasteiger partial charge in [-0.1, -0.05) is 24.3 Å². The van der Waals surface area contributed by atoms with Gasteiger partial charge in [-0.2, -0.15) is 5.10 Å². The molecule has 3 aromatic heterocycles. The summed E-state index contributed by atoms with van der Waals surface area (Å²) in [4.78, 5) is 13.2. The van der Waals surface area contributed by atoms with E-state index in [0.717, 1.165) is 22.1 Å². The second kappa shape index (κ2) is 5.45. The Morgan fingerprint density at radius 1 is 0.923 bits per heavy atom. The van der Waals surface area contributed by atoms with Crippen LogP contribution < -0.4 is 0 Å². The van der Waals surface area contributed by atoms with Gasteiger partial charge in [-0.25, -0.2) is 24.0 Å². The summed E-state index contributed by atoms with van der Waals surface area (Å²) in [5, 5.41) is 5.27. The Bertz CT molecular complexity index is 1270. The van der Waals surface area contributed by atoms with Crippen LogP contribution in [0.3, 0.4) is 0 Å². The second-order valence-corrected chi connectivity index (χ2v) is 5.95. The van der Waals surface area contributed by atoms with E-state index in [2.05, 4.69) is 20.1 Å². The fourth-order valence-corrected chi connectivity index (χ4v) is 3.20. The van der Waals surface area contributed by atoms with Gasteiger partial charge in [0, 0.05) is 0 Å². The number of hydrogen-bond donors (Lipinski definition) is 0. The number of para-hydroxylation sites is 3. The third-order valence-corrected chi connectivity index (χ3v) is 4.38. The molecule has 126 valence electrons. The smallest absolute Gasteiger partial charge is 0.168 e. The maximum Gasteiger partial charge on any atom is 0.168 e. The van der Waals surface area contributed by atoms with Crippen molar-refractivity contribution in [2.24, 2.45) is 0 Å². The standard InChI is InChI=1S/C19H13FN6/c1-12-17-18(25-11-23-14-7-3-5-9-16(14)25)21-10-22-19(17)26(24-12)15-8-4-2-6-13(15)20/h2-11H,1H3. The van der Waals surface area contributed by atoms with E-state index in [1.54, 1.807) is 24.5 Å². The Morgan fingerprint density at radius 2 is 1.73 bits per heavy atom. The van der Waals surface area contributed by atoms with E-state index < -0.39 is 0 Å². The second-order valence-electron chi connectivity index (χ2n) is 5.95. The van der Waals surface area contributed by atoms with Crippen molar-refractivity contribution in [1.82, 2.24) is 29.3 Å². The lowest BCUT2D eigenvalue weighted by Gasteiger charge is -2.06. The first-order valence-electron chi connectivity index (χ1n) is 8.12. The minimum atomic E-state index is -0.356. The van der Waals surface area contributed by atoms with Gasteiger partial charge in [0.25, 0.3) is 0 Å². The van der Waals surface area contributed by atoms with Gasteiger partial charge in [0.2, 0.25) is 0 Å². The van der Waals surface area contributed by atoms with Crippen LogP contribution in [0.25, 0.3) is 33.6 Å². The highest BCUT2D eigenvalue weighted by atomic mass is 19.1. The van der Waals surface area contributed by atoms with Crippen molar-refractivity contribution in [2.45, 2.75) is 6.92 Å². The fourth-order valence-electron chi connectivity index (χ4n) is 3.20. The number of aromatic nitrogens is 6. The van der Waals surface area contributed by atoms with Gasteiger partial charge in [-0.05, 0) is 31.2 Å². The summed E-state index contributed by atoms with van der Waals surface area (Å²) >= 11 is 0. The van der Waals surface area contributed by atoms with Crippen LogP contribution in [0.5, 0.6) is 0 Å². The molecule has 0 unspecified atom stereocenters. The molecule has 0 saturated carbocycles. The molecular weight excluding hydrogens is 331 g/mol. The molecule has 0 aliphatic carbocycles. The van der Waals surface area contributed by atoms with Crippen molar-refractivity contribution in [2.75, 3.05) is 0 Å². The summed E-state index contributed by atoms with van der Waals surface area (Å²) < 4.78 is 17.7. The molecule has 0 N–H and O–H groups in total. The summed E-state index contributed by atoms with van der Waals surface area (Å²) in [6.07, 6.45) is 3.19. The zero-order valence-corrected chi connectivity index (χ0v) is 13.8. The molecule has 3 heterocycles. The molecule has 0 aliphatic heterocycles. The van der Waals surface area contributed by atoms with Gasteiger partial charge in [-0.15, -0.1) is 0 Å².